The van der Waals surface area contributed by atoms with Crippen LogP contribution in [0.1, 0.15) is 24.2 Å². The fourth-order valence-corrected chi connectivity index (χ4v) is 2.11. The number of aryl methyl sites for hydroxylation is 1. The average Bonchev–Trinajstić information content (AvgIpc) is 2.38. The van der Waals surface area contributed by atoms with E-state index in [0.717, 1.165) is 16.3 Å². The minimum absolute atomic E-state index is 0.0141. The number of hydrogen-bond acceptors (Lipinski definition) is 4. The number of aromatic nitrogens is 2. The smallest absolute Gasteiger partial charge is 0.226 e. The lowest BCUT2D eigenvalue weighted by Crippen LogP contribution is -2.10. The van der Waals surface area contributed by atoms with Gasteiger partial charge in [0, 0.05) is 16.8 Å². The number of nitrogens with zero attached hydrogens (tertiary/aromatic N) is 2. The zero-order valence-electron chi connectivity index (χ0n) is 11.1. The van der Waals surface area contributed by atoms with E-state index in [2.05, 4.69) is 15.3 Å². The second-order valence-electron chi connectivity index (χ2n) is 4.26. The topological polar surface area (TPSA) is 47.0 Å². The van der Waals surface area contributed by atoms with Crippen molar-refractivity contribution in [2.24, 2.45) is 0 Å². The molecule has 0 bridgehead atoms. The second kappa shape index (κ2) is 5.89. The molecule has 0 aliphatic carbocycles. The number of benzene rings is 1. The van der Waals surface area contributed by atoms with E-state index >= 15 is 0 Å². The molecule has 0 spiro atoms. The lowest BCUT2D eigenvalue weighted by Gasteiger charge is -2.16. The molecule has 1 N–H and O–H groups in total. The Labute approximate surface area is 117 Å². The van der Waals surface area contributed by atoms with Crippen LogP contribution >= 0.6 is 11.6 Å². The van der Waals surface area contributed by atoms with Crippen molar-refractivity contribution in [3.63, 3.8) is 0 Å². The Bertz CT molecular complexity index is 574. The van der Waals surface area contributed by atoms with Crippen LogP contribution in [0.5, 0.6) is 5.88 Å². The van der Waals surface area contributed by atoms with Crippen molar-refractivity contribution >= 4 is 17.5 Å². The van der Waals surface area contributed by atoms with E-state index in [9.17, 15) is 0 Å². The zero-order valence-corrected chi connectivity index (χ0v) is 11.9. The lowest BCUT2D eigenvalue weighted by atomic mass is 10.1. The van der Waals surface area contributed by atoms with Gasteiger partial charge in [0.1, 0.15) is 0 Å². The van der Waals surface area contributed by atoms with Crippen LogP contribution in [0.3, 0.4) is 0 Å². The molecule has 1 aromatic carbocycles. The lowest BCUT2D eigenvalue weighted by molar-refractivity contribution is 0.397. The number of methoxy groups -OCH3 is 1. The van der Waals surface area contributed by atoms with Crippen molar-refractivity contribution in [1.82, 2.24) is 9.97 Å². The molecule has 2 rings (SSSR count). The van der Waals surface area contributed by atoms with E-state index < -0.39 is 0 Å². The van der Waals surface area contributed by atoms with Gasteiger partial charge >= 0.3 is 0 Å². The number of ether oxygens (including phenoxy) is 1. The molecule has 0 saturated heterocycles. The molecular weight excluding hydrogens is 262 g/mol. The van der Waals surface area contributed by atoms with Gasteiger partial charge in [-0.25, -0.2) is 4.98 Å². The van der Waals surface area contributed by atoms with Crippen LogP contribution < -0.4 is 10.1 Å². The molecule has 5 heteroatoms. The molecule has 1 atom stereocenters. The first kappa shape index (κ1) is 13.6. The SMILES string of the molecule is COc1cc(C)nc(NC(C)c2ccccc2Cl)n1. The second-order valence-corrected chi connectivity index (χ2v) is 4.67. The molecule has 0 radical (unpaired) electrons. The third-order valence-electron chi connectivity index (χ3n) is 2.76. The Balaban J connectivity index is 2.21. The van der Waals surface area contributed by atoms with Gasteiger partial charge in [-0.05, 0) is 25.5 Å². The van der Waals surface area contributed by atoms with Gasteiger partial charge in [0.05, 0.1) is 13.2 Å². The first-order chi connectivity index (χ1) is 9.10. The molecule has 0 aliphatic heterocycles. The van der Waals surface area contributed by atoms with E-state index in [4.69, 9.17) is 16.3 Å². The van der Waals surface area contributed by atoms with Crippen molar-refractivity contribution in [3.8, 4) is 5.88 Å². The van der Waals surface area contributed by atoms with Crippen LogP contribution in [-0.2, 0) is 0 Å². The Morgan fingerprint density at radius 2 is 2.00 bits per heavy atom. The summed E-state index contributed by atoms with van der Waals surface area (Å²) in [6, 6.07) is 9.51. The zero-order chi connectivity index (χ0) is 13.8. The van der Waals surface area contributed by atoms with Crippen molar-refractivity contribution in [2.75, 3.05) is 12.4 Å². The van der Waals surface area contributed by atoms with Crippen molar-refractivity contribution < 1.29 is 4.74 Å². The minimum atomic E-state index is 0.0141. The number of nitrogens with one attached hydrogen (secondary N) is 1. The molecule has 4 nitrogen and oxygen atoms in total. The maximum atomic E-state index is 6.17. The summed E-state index contributed by atoms with van der Waals surface area (Å²) in [6.07, 6.45) is 0. The van der Waals surface area contributed by atoms with Gasteiger partial charge in [0.2, 0.25) is 11.8 Å². The third-order valence-corrected chi connectivity index (χ3v) is 3.10. The molecule has 0 saturated carbocycles. The summed E-state index contributed by atoms with van der Waals surface area (Å²) < 4.78 is 5.13. The monoisotopic (exact) mass is 277 g/mol. The highest BCUT2D eigenvalue weighted by Gasteiger charge is 2.11. The first-order valence-corrected chi connectivity index (χ1v) is 6.38. The Hall–Kier alpha value is -1.81. The molecule has 1 aromatic heterocycles. The van der Waals surface area contributed by atoms with Crippen LogP contribution in [-0.4, -0.2) is 17.1 Å². The highest BCUT2D eigenvalue weighted by molar-refractivity contribution is 6.31. The summed E-state index contributed by atoms with van der Waals surface area (Å²) in [5.74, 6) is 1.07. The van der Waals surface area contributed by atoms with Gasteiger partial charge in [0.25, 0.3) is 0 Å². The van der Waals surface area contributed by atoms with Gasteiger partial charge in [-0.3, -0.25) is 0 Å². The normalized spacial score (nSPS) is 12.0. The van der Waals surface area contributed by atoms with Gasteiger partial charge < -0.3 is 10.1 Å². The van der Waals surface area contributed by atoms with Crippen LogP contribution in [0.4, 0.5) is 5.95 Å². The Morgan fingerprint density at radius 1 is 1.26 bits per heavy atom. The Morgan fingerprint density at radius 3 is 2.68 bits per heavy atom. The number of rotatable bonds is 4. The minimum Gasteiger partial charge on any atom is -0.481 e. The first-order valence-electron chi connectivity index (χ1n) is 6.01. The van der Waals surface area contributed by atoms with Gasteiger partial charge in [-0.1, -0.05) is 29.8 Å². The van der Waals surface area contributed by atoms with Crippen LogP contribution in [0.15, 0.2) is 30.3 Å². The number of halogens is 1. The highest BCUT2D eigenvalue weighted by atomic mass is 35.5. The molecule has 100 valence electrons. The van der Waals surface area contributed by atoms with E-state index in [1.807, 2.05) is 38.1 Å². The predicted molar refractivity (Wildman–Crippen MR) is 76.8 cm³/mol. The molecular formula is C14H16ClN3O. The van der Waals surface area contributed by atoms with Gasteiger partial charge in [0.15, 0.2) is 0 Å². The number of anilines is 1. The van der Waals surface area contributed by atoms with Crippen molar-refractivity contribution in [1.29, 1.82) is 0 Å². The molecule has 19 heavy (non-hydrogen) atoms. The summed E-state index contributed by atoms with van der Waals surface area (Å²) in [4.78, 5) is 8.59. The largest absolute Gasteiger partial charge is 0.481 e. The number of hydrogen-bond donors (Lipinski definition) is 1. The van der Waals surface area contributed by atoms with E-state index in [-0.39, 0.29) is 6.04 Å². The molecule has 0 fully saturated rings. The average molecular weight is 278 g/mol. The quantitative estimate of drug-likeness (QED) is 0.927. The van der Waals surface area contributed by atoms with E-state index in [1.165, 1.54) is 0 Å². The predicted octanol–water partition coefficient (Wildman–Crippen LogP) is 3.62. The van der Waals surface area contributed by atoms with E-state index in [1.54, 1.807) is 13.2 Å². The summed E-state index contributed by atoms with van der Waals surface area (Å²) >= 11 is 6.17. The van der Waals surface area contributed by atoms with Crippen molar-refractivity contribution in [2.45, 2.75) is 19.9 Å². The molecule has 0 aliphatic rings. The van der Waals surface area contributed by atoms with Crippen LogP contribution in [0, 0.1) is 6.92 Å². The highest BCUT2D eigenvalue weighted by Crippen LogP contribution is 2.25. The summed E-state index contributed by atoms with van der Waals surface area (Å²) in [6.45, 7) is 3.91. The fraction of sp³-hybridized carbons (Fsp3) is 0.286. The van der Waals surface area contributed by atoms with Crippen LogP contribution in [0.2, 0.25) is 5.02 Å². The van der Waals surface area contributed by atoms with E-state index in [0.29, 0.717) is 11.8 Å². The van der Waals surface area contributed by atoms with Gasteiger partial charge in [-0.2, -0.15) is 4.98 Å². The molecule has 1 heterocycles. The molecule has 0 amide bonds. The fourth-order valence-electron chi connectivity index (χ4n) is 1.81. The maximum absolute atomic E-state index is 6.17. The summed E-state index contributed by atoms with van der Waals surface area (Å²) in [7, 11) is 1.59. The molecule has 2 aromatic rings. The third kappa shape index (κ3) is 3.35. The van der Waals surface area contributed by atoms with Crippen molar-refractivity contribution in [3.05, 3.63) is 46.6 Å². The Kier molecular flexibility index (Phi) is 4.22. The van der Waals surface area contributed by atoms with Crippen LogP contribution in [0.25, 0.3) is 0 Å². The van der Waals surface area contributed by atoms with Gasteiger partial charge in [-0.15, -0.1) is 0 Å². The standard InChI is InChI=1S/C14H16ClN3O/c1-9-8-13(19-3)18-14(16-9)17-10(2)11-6-4-5-7-12(11)15/h4-8,10H,1-3H3,(H,16,17,18). The summed E-state index contributed by atoms with van der Waals surface area (Å²) in [5.41, 5.74) is 1.86. The summed E-state index contributed by atoms with van der Waals surface area (Å²) in [5, 5.41) is 3.95. The maximum Gasteiger partial charge on any atom is 0.226 e. The molecule has 1 unspecified atom stereocenters.